The van der Waals surface area contributed by atoms with Crippen LogP contribution in [0.2, 0.25) is 0 Å². The van der Waals surface area contributed by atoms with E-state index < -0.39 is 0 Å². The molecule has 0 bridgehead atoms. The Labute approximate surface area is 149 Å². The molecule has 1 aliphatic heterocycles. The molecule has 3 fully saturated rings. The Morgan fingerprint density at radius 2 is 1.96 bits per heavy atom. The Balaban J connectivity index is 1.30. The van der Waals surface area contributed by atoms with E-state index in [-0.39, 0.29) is 29.6 Å². The summed E-state index contributed by atoms with van der Waals surface area (Å²) in [5.41, 5.74) is 0. The van der Waals surface area contributed by atoms with Crippen molar-refractivity contribution < 1.29 is 14.0 Å². The molecule has 25 heavy (non-hydrogen) atoms. The molecule has 0 radical (unpaired) electrons. The standard InChI is InChI=1S/C20H28N2O3/c23-19(21-15-7-2-1-3-8-15)14-6-4-10-22(13-14)20(24)17-12-16(17)18-9-5-11-25-18/h5,9,11,14-17H,1-4,6-8,10,12-13H2,(H,21,23)/t14-,16+,17-/m1/s1. The molecule has 1 aromatic heterocycles. The SMILES string of the molecule is O=C(NC1CCCCC1)[C@@H]1CCCN(C(=O)[C@@H]2C[C@@H]2c2ccco2)C1. The van der Waals surface area contributed by atoms with Crippen LogP contribution in [0.25, 0.3) is 0 Å². The summed E-state index contributed by atoms with van der Waals surface area (Å²) in [6.07, 6.45) is 10.3. The minimum absolute atomic E-state index is 0.0413. The van der Waals surface area contributed by atoms with Gasteiger partial charge in [0.15, 0.2) is 0 Å². The highest BCUT2D eigenvalue weighted by Crippen LogP contribution is 2.48. The lowest BCUT2D eigenvalue weighted by Crippen LogP contribution is -2.48. The Hall–Kier alpha value is -1.78. The molecular formula is C20H28N2O3. The van der Waals surface area contributed by atoms with Crippen LogP contribution in [0.5, 0.6) is 0 Å². The summed E-state index contributed by atoms with van der Waals surface area (Å²) >= 11 is 0. The maximum atomic E-state index is 12.8. The fraction of sp³-hybridized carbons (Fsp3) is 0.700. The van der Waals surface area contributed by atoms with Gasteiger partial charge in [0.25, 0.3) is 0 Å². The van der Waals surface area contributed by atoms with Gasteiger partial charge in [0, 0.05) is 31.0 Å². The van der Waals surface area contributed by atoms with Crippen LogP contribution in [-0.2, 0) is 9.59 Å². The van der Waals surface area contributed by atoms with Crippen molar-refractivity contribution in [3.8, 4) is 0 Å². The number of carbonyl (C=O) groups is 2. The van der Waals surface area contributed by atoms with Gasteiger partial charge in [-0.05, 0) is 44.2 Å². The van der Waals surface area contributed by atoms with Crippen molar-refractivity contribution in [2.75, 3.05) is 13.1 Å². The summed E-state index contributed by atoms with van der Waals surface area (Å²) in [5, 5.41) is 3.23. The molecule has 136 valence electrons. The molecule has 0 spiro atoms. The van der Waals surface area contributed by atoms with Gasteiger partial charge in [-0.3, -0.25) is 9.59 Å². The fourth-order valence-corrected chi connectivity index (χ4v) is 4.48. The highest BCUT2D eigenvalue weighted by molar-refractivity contribution is 5.84. The number of nitrogens with zero attached hydrogens (tertiary/aromatic N) is 1. The minimum Gasteiger partial charge on any atom is -0.469 e. The predicted molar refractivity (Wildman–Crippen MR) is 93.9 cm³/mol. The Kier molecular flexibility index (Phi) is 4.82. The third-order valence-electron chi connectivity index (χ3n) is 6.07. The van der Waals surface area contributed by atoms with Gasteiger partial charge in [-0.25, -0.2) is 0 Å². The first-order valence-corrected chi connectivity index (χ1v) is 9.85. The first kappa shape index (κ1) is 16.7. The van der Waals surface area contributed by atoms with Crippen molar-refractivity contribution >= 4 is 11.8 Å². The Bertz CT molecular complexity index is 606. The second-order valence-corrected chi connectivity index (χ2v) is 7.93. The number of amides is 2. The summed E-state index contributed by atoms with van der Waals surface area (Å²) in [5.74, 6) is 1.52. The molecule has 1 saturated heterocycles. The van der Waals surface area contributed by atoms with Crippen LogP contribution in [0.3, 0.4) is 0 Å². The number of furan rings is 1. The quantitative estimate of drug-likeness (QED) is 0.913. The Morgan fingerprint density at radius 3 is 2.72 bits per heavy atom. The fourth-order valence-electron chi connectivity index (χ4n) is 4.48. The van der Waals surface area contributed by atoms with Crippen LogP contribution in [0.15, 0.2) is 22.8 Å². The second-order valence-electron chi connectivity index (χ2n) is 7.93. The average Bonchev–Trinajstić information content (AvgIpc) is 3.26. The number of carbonyl (C=O) groups excluding carboxylic acids is 2. The van der Waals surface area contributed by atoms with Crippen LogP contribution >= 0.6 is 0 Å². The summed E-state index contributed by atoms with van der Waals surface area (Å²) in [4.78, 5) is 27.3. The molecule has 2 saturated carbocycles. The van der Waals surface area contributed by atoms with Crippen LogP contribution in [0, 0.1) is 11.8 Å². The van der Waals surface area contributed by atoms with Gasteiger partial charge in [0.1, 0.15) is 5.76 Å². The molecule has 3 atom stereocenters. The Morgan fingerprint density at radius 1 is 1.12 bits per heavy atom. The van der Waals surface area contributed by atoms with E-state index >= 15 is 0 Å². The van der Waals surface area contributed by atoms with E-state index in [1.165, 1.54) is 19.3 Å². The number of hydrogen-bond acceptors (Lipinski definition) is 3. The summed E-state index contributed by atoms with van der Waals surface area (Å²) in [6, 6.07) is 4.18. The predicted octanol–water partition coefficient (Wildman–Crippen LogP) is 3.07. The van der Waals surface area contributed by atoms with Gasteiger partial charge in [-0.1, -0.05) is 19.3 Å². The molecule has 2 amide bonds. The zero-order valence-corrected chi connectivity index (χ0v) is 14.8. The summed E-state index contributed by atoms with van der Waals surface area (Å²) in [7, 11) is 0. The number of nitrogens with one attached hydrogen (secondary N) is 1. The van der Waals surface area contributed by atoms with E-state index in [0.717, 1.165) is 44.4 Å². The van der Waals surface area contributed by atoms with Crippen molar-refractivity contribution in [1.29, 1.82) is 0 Å². The first-order chi connectivity index (χ1) is 12.2. The van der Waals surface area contributed by atoms with Gasteiger partial charge in [0.05, 0.1) is 12.2 Å². The zero-order valence-electron chi connectivity index (χ0n) is 14.8. The average molecular weight is 344 g/mol. The van der Waals surface area contributed by atoms with E-state index in [4.69, 9.17) is 4.42 Å². The lowest BCUT2D eigenvalue weighted by molar-refractivity contribution is -0.137. The molecule has 5 heteroatoms. The van der Waals surface area contributed by atoms with Gasteiger partial charge in [-0.15, -0.1) is 0 Å². The molecule has 1 N–H and O–H groups in total. The second kappa shape index (κ2) is 7.22. The molecule has 5 nitrogen and oxygen atoms in total. The van der Waals surface area contributed by atoms with Gasteiger partial charge < -0.3 is 14.6 Å². The van der Waals surface area contributed by atoms with Gasteiger partial charge >= 0.3 is 0 Å². The normalized spacial score (nSPS) is 30.1. The van der Waals surface area contributed by atoms with E-state index in [2.05, 4.69) is 5.32 Å². The summed E-state index contributed by atoms with van der Waals surface area (Å²) < 4.78 is 5.43. The smallest absolute Gasteiger partial charge is 0.226 e. The molecule has 2 aliphatic carbocycles. The molecule has 3 aliphatic rings. The van der Waals surface area contributed by atoms with Crippen molar-refractivity contribution in [2.24, 2.45) is 11.8 Å². The lowest BCUT2D eigenvalue weighted by Gasteiger charge is -2.33. The van der Waals surface area contributed by atoms with Crippen molar-refractivity contribution in [3.05, 3.63) is 24.2 Å². The zero-order chi connectivity index (χ0) is 17.2. The van der Waals surface area contributed by atoms with E-state index in [9.17, 15) is 9.59 Å². The molecule has 0 aromatic carbocycles. The number of hydrogen-bond donors (Lipinski definition) is 1. The van der Waals surface area contributed by atoms with Crippen LogP contribution in [0.1, 0.15) is 63.0 Å². The lowest BCUT2D eigenvalue weighted by atomic mass is 9.93. The maximum absolute atomic E-state index is 12.8. The molecule has 2 heterocycles. The minimum atomic E-state index is -0.0413. The summed E-state index contributed by atoms with van der Waals surface area (Å²) in [6.45, 7) is 1.37. The van der Waals surface area contributed by atoms with E-state index in [0.29, 0.717) is 12.6 Å². The highest BCUT2D eigenvalue weighted by atomic mass is 16.3. The number of rotatable bonds is 4. The van der Waals surface area contributed by atoms with Crippen LogP contribution < -0.4 is 5.32 Å². The van der Waals surface area contributed by atoms with Crippen LogP contribution in [-0.4, -0.2) is 35.8 Å². The molecule has 0 unspecified atom stereocenters. The van der Waals surface area contributed by atoms with Crippen LogP contribution in [0.4, 0.5) is 0 Å². The number of piperidine rings is 1. The molecule has 4 rings (SSSR count). The van der Waals surface area contributed by atoms with Crippen molar-refractivity contribution in [1.82, 2.24) is 10.2 Å². The highest BCUT2D eigenvalue weighted by Gasteiger charge is 2.48. The monoisotopic (exact) mass is 344 g/mol. The van der Waals surface area contributed by atoms with Crippen molar-refractivity contribution in [2.45, 2.75) is 63.3 Å². The van der Waals surface area contributed by atoms with Crippen molar-refractivity contribution in [3.63, 3.8) is 0 Å². The topological polar surface area (TPSA) is 62.6 Å². The maximum Gasteiger partial charge on any atom is 0.226 e. The third kappa shape index (κ3) is 3.75. The molecule has 1 aromatic rings. The first-order valence-electron chi connectivity index (χ1n) is 9.85. The largest absolute Gasteiger partial charge is 0.469 e. The third-order valence-corrected chi connectivity index (χ3v) is 6.07. The van der Waals surface area contributed by atoms with E-state index in [1.54, 1.807) is 6.26 Å². The van der Waals surface area contributed by atoms with Gasteiger partial charge in [0.2, 0.25) is 11.8 Å². The van der Waals surface area contributed by atoms with E-state index in [1.807, 2.05) is 17.0 Å². The van der Waals surface area contributed by atoms with Gasteiger partial charge in [-0.2, -0.15) is 0 Å². The number of likely N-dealkylation sites (tertiary alicyclic amines) is 1. The molecular weight excluding hydrogens is 316 g/mol.